The molecule has 0 saturated carbocycles. The average Bonchev–Trinajstić information content (AvgIpc) is 3.03. The number of ether oxygens (including phenoxy) is 3. The molecule has 9 nitrogen and oxygen atoms in total. The first-order valence-electron chi connectivity index (χ1n) is 9.23. The zero-order valence-electron chi connectivity index (χ0n) is 16.8. The maximum atomic E-state index is 13.1. The van der Waals surface area contributed by atoms with Gasteiger partial charge in [-0.3, -0.25) is 14.6 Å². The third-order valence-electron chi connectivity index (χ3n) is 4.76. The minimum atomic E-state index is -0.180. The number of nitrogens with zero attached hydrogens (tertiary/aromatic N) is 4. The van der Waals surface area contributed by atoms with Crippen LogP contribution >= 0.6 is 0 Å². The van der Waals surface area contributed by atoms with Gasteiger partial charge >= 0.3 is 0 Å². The first-order chi connectivity index (χ1) is 14.1. The van der Waals surface area contributed by atoms with Gasteiger partial charge < -0.3 is 24.0 Å². The van der Waals surface area contributed by atoms with Gasteiger partial charge in [0.15, 0.2) is 11.5 Å². The third kappa shape index (κ3) is 4.39. The molecule has 1 fully saturated rings. The molecular formula is C20H24N4O5. The standard InChI is InChI=1S/C20H24N4O5/c1-27-16-11-14(12-17(28-2)18(16)29-3)19(25)23-7-4-8-24(10-9-23)20(26)15-13-21-5-6-22-15/h5-6,11-13H,4,7-10H2,1-3H3. The van der Waals surface area contributed by atoms with E-state index in [1.54, 1.807) is 21.9 Å². The van der Waals surface area contributed by atoms with Crippen molar-refractivity contribution < 1.29 is 23.8 Å². The van der Waals surface area contributed by atoms with Crippen LogP contribution in [-0.4, -0.2) is 79.1 Å². The number of amides is 2. The Morgan fingerprint density at radius 2 is 1.48 bits per heavy atom. The van der Waals surface area contributed by atoms with Crippen LogP contribution < -0.4 is 14.2 Å². The van der Waals surface area contributed by atoms with Crippen LogP contribution in [0.4, 0.5) is 0 Å². The molecule has 9 heteroatoms. The molecule has 1 aliphatic rings. The number of benzene rings is 1. The Labute approximate surface area is 169 Å². The Morgan fingerprint density at radius 1 is 0.862 bits per heavy atom. The lowest BCUT2D eigenvalue weighted by molar-refractivity contribution is 0.0715. The molecule has 1 aromatic heterocycles. The van der Waals surface area contributed by atoms with Gasteiger partial charge in [0, 0.05) is 44.1 Å². The normalized spacial score (nSPS) is 14.2. The minimum absolute atomic E-state index is 0.155. The fraction of sp³-hybridized carbons (Fsp3) is 0.400. The molecule has 2 amide bonds. The van der Waals surface area contributed by atoms with Crippen LogP contribution in [0, 0.1) is 0 Å². The van der Waals surface area contributed by atoms with Crippen LogP contribution in [-0.2, 0) is 0 Å². The Kier molecular flexibility index (Phi) is 6.48. The summed E-state index contributed by atoms with van der Waals surface area (Å²) in [5, 5.41) is 0. The molecule has 0 N–H and O–H groups in total. The number of rotatable bonds is 5. The Balaban J connectivity index is 1.75. The summed E-state index contributed by atoms with van der Waals surface area (Å²) in [6.45, 7) is 1.93. The van der Waals surface area contributed by atoms with E-state index in [0.717, 1.165) is 0 Å². The number of methoxy groups -OCH3 is 3. The van der Waals surface area contributed by atoms with Crippen molar-refractivity contribution in [1.29, 1.82) is 0 Å². The largest absolute Gasteiger partial charge is 0.493 e. The van der Waals surface area contributed by atoms with Crippen molar-refractivity contribution in [2.75, 3.05) is 47.5 Å². The van der Waals surface area contributed by atoms with E-state index in [2.05, 4.69) is 9.97 Å². The quantitative estimate of drug-likeness (QED) is 0.750. The molecule has 1 saturated heterocycles. The summed E-state index contributed by atoms with van der Waals surface area (Å²) in [5.41, 5.74) is 0.741. The molecule has 0 spiro atoms. The first-order valence-corrected chi connectivity index (χ1v) is 9.23. The fourth-order valence-corrected chi connectivity index (χ4v) is 3.28. The van der Waals surface area contributed by atoms with E-state index in [0.29, 0.717) is 61.1 Å². The molecule has 0 unspecified atom stereocenters. The van der Waals surface area contributed by atoms with Crippen molar-refractivity contribution in [3.63, 3.8) is 0 Å². The summed E-state index contributed by atoms with van der Waals surface area (Å²) in [4.78, 5) is 37.1. The molecule has 0 aliphatic carbocycles. The van der Waals surface area contributed by atoms with E-state index in [-0.39, 0.29) is 11.8 Å². The van der Waals surface area contributed by atoms with Gasteiger partial charge in [-0.2, -0.15) is 0 Å². The minimum Gasteiger partial charge on any atom is -0.493 e. The lowest BCUT2D eigenvalue weighted by Gasteiger charge is -2.23. The lowest BCUT2D eigenvalue weighted by atomic mass is 10.1. The molecule has 2 heterocycles. The summed E-state index contributed by atoms with van der Waals surface area (Å²) < 4.78 is 16.0. The topological polar surface area (TPSA) is 94.1 Å². The molecule has 154 valence electrons. The Hall–Kier alpha value is -3.36. The first kappa shape index (κ1) is 20.4. The number of carbonyl (C=O) groups is 2. The molecule has 1 aromatic carbocycles. The van der Waals surface area contributed by atoms with Crippen LogP contribution in [0.1, 0.15) is 27.3 Å². The molecular weight excluding hydrogens is 376 g/mol. The molecule has 2 aromatic rings. The highest BCUT2D eigenvalue weighted by Crippen LogP contribution is 2.38. The van der Waals surface area contributed by atoms with Crippen molar-refractivity contribution in [2.24, 2.45) is 0 Å². The number of carbonyl (C=O) groups excluding carboxylic acids is 2. The van der Waals surface area contributed by atoms with Crippen molar-refractivity contribution >= 4 is 11.8 Å². The summed E-state index contributed by atoms with van der Waals surface area (Å²) in [5.74, 6) is 0.940. The Bertz CT molecular complexity index is 849. The van der Waals surface area contributed by atoms with Crippen LogP contribution in [0.5, 0.6) is 17.2 Å². The van der Waals surface area contributed by atoms with Gasteiger partial charge in [0.25, 0.3) is 11.8 Å². The van der Waals surface area contributed by atoms with Gasteiger partial charge in [0.05, 0.1) is 27.5 Å². The molecule has 3 rings (SSSR count). The van der Waals surface area contributed by atoms with E-state index < -0.39 is 0 Å². The zero-order chi connectivity index (χ0) is 20.8. The number of hydrogen-bond donors (Lipinski definition) is 0. The predicted molar refractivity (Wildman–Crippen MR) is 105 cm³/mol. The van der Waals surface area contributed by atoms with Crippen LogP contribution in [0.15, 0.2) is 30.7 Å². The summed E-state index contributed by atoms with van der Waals surface area (Å²) in [6.07, 6.45) is 5.14. The highest BCUT2D eigenvalue weighted by Gasteiger charge is 2.26. The number of hydrogen-bond acceptors (Lipinski definition) is 7. The summed E-state index contributed by atoms with van der Waals surface area (Å²) in [7, 11) is 4.53. The van der Waals surface area contributed by atoms with Crippen molar-refractivity contribution in [3.05, 3.63) is 42.0 Å². The maximum absolute atomic E-state index is 13.1. The monoisotopic (exact) mass is 400 g/mol. The van der Waals surface area contributed by atoms with E-state index in [9.17, 15) is 9.59 Å². The van der Waals surface area contributed by atoms with Gasteiger partial charge in [-0.25, -0.2) is 4.98 Å². The summed E-state index contributed by atoms with van der Waals surface area (Å²) in [6, 6.07) is 3.27. The maximum Gasteiger partial charge on any atom is 0.274 e. The van der Waals surface area contributed by atoms with Gasteiger partial charge in [0.1, 0.15) is 5.69 Å². The van der Waals surface area contributed by atoms with Crippen LogP contribution in [0.3, 0.4) is 0 Å². The molecule has 1 aliphatic heterocycles. The Morgan fingerprint density at radius 3 is 2.00 bits per heavy atom. The SMILES string of the molecule is COc1cc(C(=O)N2CCCN(C(=O)c3cnccn3)CC2)cc(OC)c1OC. The number of aromatic nitrogens is 2. The highest BCUT2D eigenvalue weighted by molar-refractivity contribution is 5.96. The van der Waals surface area contributed by atoms with Gasteiger partial charge in [-0.05, 0) is 18.6 Å². The second-order valence-corrected chi connectivity index (χ2v) is 6.44. The second kappa shape index (κ2) is 9.22. The summed E-state index contributed by atoms with van der Waals surface area (Å²) >= 11 is 0. The molecule has 0 radical (unpaired) electrons. The second-order valence-electron chi connectivity index (χ2n) is 6.44. The average molecular weight is 400 g/mol. The van der Waals surface area contributed by atoms with E-state index in [4.69, 9.17) is 14.2 Å². The van der Waals surface area contributed by atoms with Crippen molar-refractivity contribution in [2.45, 2.75) is 6.42 Å². The predicted octanol–water partition coefficient (Wildman–Crippen LogP) is 1.49. The van der Waals surface area contributed by atoms with Gasteiger partial charge in [-0.15, -0.1) is 0 Å². The van der Waals surface area contributed by atoms with Gasteiger partial charge in [0.2, 0.25) is 5.75 Å². The van der Waals surface area contributed by atoms with E-state index in [1.165, 1.54) is 39.9 Å². The van der Waals surface area contributed by atoms with Crippen molar-refractivity contribution in [3.8, 4) is 17.2 Å². The van der Waals surface area contributed by atoms with Crippen LogP contribution in [0.25, 0.3) is 0 Å². The lowest BCUT2D eigenvalue weighted by Crippen LogP contribution is -2.37. The van der Waals surface area contributed by atoms with Crippen molar-refractivity contribution in [1.82, 2.24) is 19.8 Å². The van der Waals surface area contributed by atoms with Crippen LogP contribution in [0.2, 0.25) is 0 Å². The molecule has 0 bridgehead atoms. The molecule has 0 atom stereocenters. The molecule has 29 heavy (non-hydrogen) atoms. The van der Waals surface area contributed by atoms with Gasteiger partial charge in [-0.1, -0.05) is 0 Å². The fourth-order valence-electron chi connectivity index (χ4n) is 3.28. The highest BCUT2D eigenvalue weighted by atomic mass is 16.5. The van der Waals surface area contributed by atoms with E-state index in [1.807, 2.05) is 0 Å². The smallest absolute Gasteiger partial charge is 0.274 e. The third-order valence-corrected chi connectivity index (χ3v) is 4.76. The zero-order valence-corrected chi connectivity index (χ0v) is 16.8. The van der Waals surface area contributed by atoms with E-state index >= 15 is 0 Å².